The van der Waals surface area contributed by atoms with Gasteiger partial charge in [-0.2, -0.15) is 0 Å². The van der Waals surface area contributed by atoms with Crippen molar-refractivity contribution in [3.05, 3.63) is 58.7 Å². The molecule has 0 bridgehead atoms. The van der Waals surface area contributed by atoms with Gasteiger partial charge in [0.1, 0.15) is 17.3 Å². The molecule has 0 saturated heterocycles. The molecule has 2 aliphatic heterocycles. The van der Waals surface area contributed by atoms with E-state index < -0.39 is 0 Å². The van der Waals surface area contributed by atoms with Crippen LogP contribution in [0.1, 0.15) is 24.5 Å². The number of hydrogen-bond acceptors (Lipinski definition) is 4. The molecule has 1 aromatic carbocycles. The molecule has 1 unspecified atom stereocenters. The molecule has 2 heterocycles. The number of benzene rings is 1. The maximum atomic E-state index is 9.89. The van der Waals surface area contributed by atoms with E-state index in [0.29, 0.717) is 11.6 Å². The molecule has 0 amide bonds. The van der Waals surface area contributed by atoms with Crippen molar-refractivity contribution in [1.82, 2.24) is 0 Å². The van der Waals surface area contributed by atoms with Crippen molar-refractivity contribution in [2.24, 2.45) is 4.99 Å². The Morgan fingerprint density at radius 2 is 2.19 bits per heavy atom. The van der Waals surface area contributed by atoms with Gasteiger partial charge in [-0.3, -0.25) is 0 Å². The summed E-state index contributed by atoms with van der Waals surface area (Å²) in [5.74, 6) is 2.28. The SMILES string of the molecule is COC1=CC23CC(C)=CC=C2Oc2cc(O)cc(c23)C=N1. The van der Waals surface area contributed by atoms with E-state index in [2.05, 4.69) is 18.0 Å². The Labute approximate surface area is 122 Å². The maximum absolute atomic E-state index is 9.89. The number of rotatable bonds is 1. The van der Waals surface area contributed by atoms with Crippen LogP contribution in [0.3, 0.4) is 0 Å². The second-order valence-corrected chi connectivity index (χ2v) is 5.65. The van der Waals surface area contributed by atoms with Gasteiger partial charge in [0.05, 0.1) is 12.5 Å². The third-order valence-corrected chi connectivity index (χ3v) is 4.21. The van der Waals surface area contributed by atoms with Crippen molar-refractivity contribution in [3.8, 4) is 11.5 Å². The van der Waals surface area contributed by atoms with Crippen LogP contribution in [0.5, 0.6) is 11.5 Å². The minimum absolute atomic E-state index is 0.176. The molecule has 0 radical (unpaired) electrons. The molecule has 1 spiro atoms. The van der Waals surface area contributed by atoms with E-state index in [-0.39, 0.29) is 11.2 Å². The molecule has 1 atom stereocenters. The minimum atomic E-state index is -0.390. The van der Waals surface area contributed by atoms with Crippen LogP contribution in [-0.2, 0) is 10.2 Å². The Morgan fingerprint density at radius 3 is 3.00 bits per heavy atom. The second-order valence-electron chi connectivity index (χ2n) is 5.65. The standard InChI is InChI=1S/C17H15NO3/c1-10-3-4-14-17(7-10)8-15(20-2)18-9-11-5-12(19)6-13(21-14)16(11)17/h3-6,8-9,19H,7H2,1-2H3. The summed E-state index contributed by atoms with van der Waals surface area (Å²) in [5.41, 5.74) is 2.79. The number of nitrogens with zero attached hydrogens (tertiary/aromatic N) is 1. The Bertz CT molecular complexity index is 770. The highest BCUT2D eigenvalue weighted by Crippen LogP contribution is 2.54. The number of aliphatic imine (C=N–C) groups is 1. The molecule has 4 nitrogen and oxygen atoms in total. The summed E-state index contributed by atoms with van der Waals surface area (Å²) in [6, 6.07) is 3.38. The van der Waals surface area contributed by atoms with Crippen molar-refractivity contribution in [2.45, 2.75) is 18.8 Å². The molecule has 0 aromatic heterocycles. The summed E-state index contributed by atoms with van der Waals surface area (Å²) in [4.78, 5) is 4.36. The van der Waals surface area contributed by atoms with Gasteiger partial charge in [-0.1, -0.05) is 11.6 Å². The number of ether oxygens (including phenoxy) is 2. The second kappa shape index (κ2) is 4.01. The highest BCUT2D eigenvalue weighted by Gasteiger charge is 2.48. The molecule has 0 fully saturated rings. The highest BCUT2D eigenvalue weighted by atomic mass is 16.5. The number of hydrogen-bond donors (Lipinski definition) is 1. The first-order valence-electron chi connectivity index (χ1n) is 6.86. The lowest BCUT2D eigenvalue weighted by Gasteiger charge is -2.29. The van der Waals surface area contributed by atoms with Gasteiger partial charge in [-0.15, -0.1) is 0 Å². The summed E-state index contributed by atoms with van der Waals surface area (Å²) in [6.07, 6.45) is 8.63. The number of methoxy groups -OCH3 is 1. The summed E-state index contributed by atoms with van der Waals surface area (Å²) in [5, 5.41) is 9.89. The minimum Gasteiger partial charge on any atom is -0.508 e. The van der Waals surface area contributed by atoms with Gasteiger partial charge in [-0.25, -0.2) is 4.99 Å². The zero-order chi connectivity index (χ0) is 14.6. The normalized spacial score (nSPS) is 25.0. The van der Waals surface area contributed by atoms with Crippen LogP contribution in [0.15, 0.2) is 52.6 Å². The van der Waals surface area contributed by atoms with Gasteiger partial charge in [0.15, 0.2) is 0 Å². The van der Waals surface area contributed by atoms with E-state index >= 15 is 0 Å². The van der Waals surface area contributed by atoms with Gasteiger partial charge in [0.2, 0.25) is 5.88 Å². The van der Waals surface area contributed by atoms with E-state index in [1.165, 1.54) is 5.57 Å². The maximum Gasteiger partial charge on any atom is 0.210 e. The fraction of sp³-hybridized carbons (Fsp3) is 0.235. The van der Waals surface area contributed by atoms with Crippen molar-refractivity contribution >= 4 is 6.21 Å². The summed E-state index contributed by atoms with van der Waals surface area (Å²) >= 11 is 0. The third kappa shape index (κ3) is 1.59. The van der Waals surface area contributed by atoms with Crippen LogP contribution < -0.4 is 4.74 Å². The number of allylic oxidation sites excluding steroid dienone is 4. The Morgan fingerprint density at radius 1 is 1.33 bits per heavy atom. The van der Waals surface area contributed by atoms with E-state index in [4.69, 9.17) is 9.47 Å². The van der Waals surface area contributed by atoms with Crippen LogP contribution in [-0.4, -0.2) is 18.4 Å². The zero-order valence-corrected chi connectivity index (χ0v) is 11.9. The van der Waals surface area contributed by atoms with E-state index in [1.54, 1.807) is 25.5 Å². The van der Waals surface area contributed by atoms with E-state index in [1.807, 2.05) is 12.2 Å². The Kier molecular flexibility index (Phi) is 2.34. The van der Waals surface area contributed by atoms with Crippen molar-refractivity contribution in [3.63, 3.8) is 0 Å². The zero-order valence-electron chi connectivity index (χ0n) is 11.9. The molecule has 106 valence electrons. The largest absolute Gasteiger partial charge is 0.508 e. The molecular formula is C17H15NO3. The highest BCUT2D eigenvalue weighted by molar-refractivity contribution is 5.88. The van der Waals surface area contributed by atoms with Gasteiger partial charge in [0.25, 0.3) is 0 Å². The fourth-order valence-corrected chi connectivity index (χ4v) is 3.38. The van der Waals surface area contributed by atoms with Gasteiger partial charge < -0.3 is 14.6 Å². The summed E-state index contributed by atoms with van der Waals surface area (Å²) < 4.78 is 11.4. The first kappa shape index (κ1) is 12.3. The van der Waals surface area contributed by atoms with Crippen molar-refractivity contribution < 1.29 is 14.6 Å². The lowest BCUT2D eigenvalue weighted by atomic mass is 9.71. The monoisotopic (exact) mass is 281 g/mol. The first-order chi connectivity index (χ1) is 10.1. The smallest absolute Gasteiger partial charge is 0.210 e. The molecule has 4 heteroatoms. The quantitative estimate of drug-likeness (QED) is 0.860. The third-order valence-electron chi connectivity index (χ3n) is 4.21. The van der Waals surface area contributed by atoms with Crippen LogP contribution in [0.4, 0.5) is 0 Å². The number of aromatic hydroxyl groups is 1. The predicted octanol–water partition coefficient (Wildman–Crippen LogP) is 3.18. The molecule has 0 saturated carbocycles. The van der Waals surface area contributed by atoms with Gasteiger partial charge in [-0.05, 0) is 31.6 Å². The van der Waals surface area contributed by atoms with Crippen LogP contribution in [0.25, 0.3) is 0 Å². The molecule has 1 aliphatic carbocycles. The van der Waals surface area contributed by atoms with E-state index in [0.717, 1.165) is 23.3 Å². The average Bonchev–Trinajstić information content (AvgIpc) is 2.66. The molecular weight excluding hydrogens is 266 g/mol. The van der Waals surface area contributed by atoms with Crippen molar-refractivity contribution in [2.75, 3.05) is 7.11 Å². The topological polar surface area (TPSA) is 51.0 Å². The average molecular weight is 281 g/mol. The molecule has 3 aliphatic rings. The van der Waals surface area contributed by atoms with Crippen LogP contribution in [0.2, 0.25) is 0 Å². The summed E-state index contributed by atoms with van der Waals surface area (Å²) in [7, 11) is 1.61. The first-order valence-corrected chi connectivity index (χ1v) is 6.86. The summed E-state index contributed by atoms with van der Waals surface area (Å²) in [6.45, 7) is 2.10. The lowest BCUT2D eigenvalue weighted by molar-refractivity contribution is 0.281. The van der Waals surface area contributed by atoms with Crippen molar-refractivity contribution in [1.29, 1.82) is 0 Å². The lowest BCUT2D eigenvalue weighted by Crippen LogP contribution is -2.27. The number of phenols is 1. The molecule has 1 N–H and O–H groups in total. The Balaban J connectivity index is 2.06. The fourth-order valence-electron chi connectivity index (χ4n) is 3.38. The van der Waals surface area contributed by atoms with Gasteiger partial charge >= 0.3 is 0 Å². The van der Waals surface area contributed by atoms with E-state index in [9.17, 15) is 5.11 Å². The Hall–Kier alpha value is -2.49. The predicted molar refractivity (Wildman–Crippen MR) is 79.6 cm³/mol. The van der Waals surface area contributed by atoms with Gasteiger partial charge in [0, 0.05) is 23.4 Å². The number of phenolic OH excluding ortho intramolecular Hbond substituents is 1. The molecule has 1 aromatic rings. The van der Waals surface area contributed by atoms with Crippen LogP contribution in [0, 0.1) is 0 Å². The van der Waals surface area contributed by atoms with Crippen LogP contribution >= 0.6 is 0 Å². The molecule has 21 heavy (non-hydrogen) atoms. The molecule has 4 rings (SSSR count).